The fourth-order valence-corrected chi connectivity index (χ4v) is 4.33. The molecule has 0 bridgehead atoms. The normalized spacial score (nSPS) is 12.4. The molecule has 0 saturated carbocycles. The van der Waals surface area contributed by atoms with Crippen molar-refractivity contribution in [1.29, 1.82) is 0 Å². The molecule has 0 heterocycles. The van der Waals surface area contributed by atoms with Crippen LogP contribution in [0.5, 0.6) is 0 Å². The number of carbonyl (C=O) groups excluding carboxylic acids is 1. The van der Waals surface area contributed by atoms with Crippen LogP contribution >= 0.6 is 23.4 Å². The molecule has 0 fully saturated rings. The molecule has 0 N–H and O–H groups in total. The van der Waals surface area contributed by atoms with Crippen molar-refractivity contribution in [2.75, 3.05) is 11.5 Å². The molecule has 0 amide bonds. The molecule has 1 atom stereocenters. The van der Waals surface area contributed by atoms with Crippen LogP contribution in [0.1, 0.15) is 117 Å². The maximum atomic E-state index is 10.9. The van der Waals surface area contributed by atoms with E-state index in [2.05, 4.69) is 6.92 Å². The summed E-state index contributed by atoms with van der Waals surface area (Å²) in [5.41, 5.74) is 0. The van der Waals surface area contributed by atoms with E-state index in [1.165, 1.54) is 108 Å². The molecule has 0 rings (SSSR count). The summed E-state index contributed by atoms with van der Waals surface area (Å²) in [4.78, 5) is 10.9. The summed E-state index contributed by atoms with van der Waals surface area (Å²) < 4.78 is 0. The molecule has 1 unspecified atom stereocenters. The van der Waals surface area contributed by atoms with Gasteiger partial charge in [0.1, 0.15) is 0 Å². The lowest BCUT2D eigenvalue weighted by molar-refractivity contribution is -0.114. The zero-order valence-electron chi connectivity index (χ0n) is 17.0. The van der Waals surface area contributed by atoms with Gasteiger partial charge in [-0.15, -0.1) is 0 Å². The molecule has 3 heteroatoms. The summed E-state index contributed by atoms with van der Waals surface area (Å²) >= 11 is 7.33. The molecule has 0 radical (unpaired) electrons. The number of hydrogen-bond donors (Lipinski definition) is 0. The third-order valence-corrected chi connectivity index (χ3v) is 6.58. The smallest absolute Gasteiger partial charge is 0.225 e. The molecule has 0 saturated heterocycles. The highest BCUT2D eigenvalue weighted by Gasteiger charge is 2.08. The Balaban J connectivity index is 3.04. The van der Waals surface area contributed by atoms with E-state index in [9.17, 15) is 4.79 Å². The van der Waals surface area contributed by atoms with Gasteiger partial charge in [-0.3, -0.25) is 4.79 Å². The van der Waals surface area contributed by atoms with Gasteiger partial charge in [-0.2, -0.15) is 11.8 Å². The van der Waals surface area contributed by atoms with Gasteiger partial charge in [-0.05, 0) is 23.8 Å². The lowest BCUT2D eigenvalue weighted by Gasteiger charge is -2.06. The average Bonchev–Trinajstić information content (AvgIpc) is 2.60. The van der Waals surface area contributed by atoms with Crippen LogP contribution in [0.2, 0.25) is 0 Å². The van der Waals surface area contributed by atoms with Crippen molar-refractivity contribution in [3.63, 3.8) is 0 Å². The second kappa shape index (κ2) is 20.6. The van der Waals surface area contributed by atoms with Crippen LogP contribution in [0.15, 0.2) is 0 Å². The first-order valence-corrected chi connectivity index (χ1v) is 12.5. The number of carbonyl (C=O) groups is 1. The Morgan fingerprint density at radius 2 is 1.08 bits per heavy atom. The van der Waals surface area contributed by atoms with Gasteiger partial charge in [0.2, 0.25) is 5.24 Å². The number of thioether (sulfide) groups is 1. The second-order valence-electron chi connectivity index (χ2n) is 7.58. The van der Waals surface area contributed by atoms with Gasteiger partial charge in [0.25, 0.3) is 0 Å². The molecular weight excluding hydrogens is 348 g/mol. The summed E-state index contributed by atoms with van der Waals surface area (Å²) in [5.74, 6) is 2.06. The van der Waals surface area contributed by atoms with Crippen LogP contribution in [-0.2, 0) is 4.79 Å². The summed E-state index contributed by atoms with van der Waals surface area (Å²) in [6.07, 6.45) is 22.6. The number of rotatable bonds is 20. The molecule has 0 aromatic rings. The van der Waals surface area contributed by atoms with E-state index < -0.39 is 0 Å². The zero-order chi connectivity index (χ0) is 18.6. The van der Waals surface area contributed by atoms with Gasteiger partial charge in [0.15, 0.2) is 0 Å². The number of hydrogen-bond acceptors (Lipinski definition) is 2. The Kier molecular flexibility index (Phi) is 20.9. The first kappa shape index (κ1) is 25.3. The van der Waals surface area contributed by atoms with E-state index in [-0.39, 0.29) is 11.2 Å². The minimum absolute atomic E-state index is 0.00715. The quantitative estimate of drug-likeness (QED) is 0.153. The van der Waals surface area contributed by atoms with Crippen LogP contribution in [0, 0.1) is 5.92 Å². The maximum absolute atomic E-state index is 10.9. The van der Waals surface area contributed by atoms with Crippen molar-refractivity contribution in [2.24, 2.45) is 5.92 Å². The molecule has 1 nitrogen and oxygen atoms in total. The largest absolute Gasteiger partial charge is 0.281 e. The topological polar surface area (TPSA) is 17.1 Å². The van der Waals surface area contributed by atoms with Gasteiger partial charge in [-0.1, -0.05) is 110 Å². The highest BCUT2D eigenvalue weighted by molar-refractivity contribution is 7.99. The number of halogens is 1. The van der Waals surface area contributed by atoms with Crippen LogP contribution < -0.4 is 0 Å². The predicted octanol–water partition coefficient (Wildman–Crippen LogP) is 8.38. The Bertz CT molecular complexity index is 283. The van der Waals surface area contributed by atoms with Crippen molar-refractivity contribution in [1.82, 2.24) is 0 Å². The molecule has 0 aromatic carbocycles. The van der Waals surface area contributed by atoms with Gasteiger partial charge in [0.05, 0.1) is 0 Å². The highest BCUT2D eigenvalue weighted by atomic mass is 35.5. The first-order valence-electron chi connectivity index (χ1n) is 11.0. The molecule has 0 aliphatic rings. The van der Waals surface area contributed by atoms with Gasteiger partial charge in [0, 0.05) is 11.7 Å². The molecular formula is C22H43ClOS. The van der Waals surface area contributed by atoms with Crippen LogP contribution in [0.3, 0.4) is 0 Å². The lowest BCUT2D eigenvalue weighted by atomic mass is 10.0. The van der Waals surface area contributed by atoms with Crippen LogP contribution in [-0.4, -0.2) is 16.7 Å². The van der Waals surface area contributed by atoms with Crippen molar-refractivity contribution in [2.45, 2.75) is 117 Å². The molecule has 0 aliphatic carbocycles. The third kappa shape index (κ3) is 20.5. The van der Waals surface area contributed by atoms with Crippen LogP contribution in [0.25, 0.3) is 0 Å². The second-order valence-corrected chi connectivity index (χ2v) is 9.11. The summed E-state index contributed by atoms with van der Waals surface area (Å²) in [7, 11) is 0. The van der Waals surface area contributed by atoms with E-state index in [1.807, 2.05) is 18.7 Å². The fourth-order valence-electron chi connectivity index (χ4n) is 3.08. The van der Waals surface area contributed by atoms with Crippen molar-refractivity contribution in [3.05, 3.63) is 0 Å². The van der Waals surface area contributed by atoms with E-state index in [0.717, 1.165) is 5.75 Å². The van der Waals surface area contributed by atoms with E-state index in [0.29, 0.717) is 0 Å². The summed E-state index contributed by atoms with van der Waals surface area (Å²) in [6, 6.07) is 0. The van der Waals surface area contributed by atoms with Gasteiger partial charge >= 0.3 is 0 Å². The molecule has 0 aliphatic heterocycles. The Labute approximate surface area is 167 Å². The van der Waals surface area contributed by atoms with Gasteiger partial charge < -0.3 is 0 Å². The Morgan fingerprint density at radius 1 is 0.720 bits per heavy atom. The number of unbranched alkanes of at least 4 members (excludes halogenated alkanes) is 15. The van der Waals surface area contributed by atoms with E-state index in [1.54, 1.807) is 0 Å². The Hall–Kier alpha value is 0.310. The standard InChI is InChI=1S/C22H43ClOS/c1-3-4-5-6-7-8-9-10-11-12-13-14-15-16-17-18-19-25-20-21(2)22(23)24/h21H,3-20H2,1-2H3. The summed E-state index contributed by atoms with van der Waals surface area (Å²) in [6.45, 7) is 4.20. The van der Waals surface area contributed by atoms with E-state index in [4.69, 9.17) is 11.6 Å². The average molecular weight is 391 g/mol. The molecule has 0 spiro atoms. The molecule has 0 aromatic heterocycles. The SMILES string of the molecule is CCCCCCCCCCCCCCCCCCSCC(C)C(=O)Cl. The van der Waals surface area contributed by atoms with Gasteiger partial charge in [-0.25, -0.2) is 0 Å². The third-order valence-electron chi connectivity index (χ3n) is 4.90. The maximum Gasteiger partial charge on any atom is 0.225 e. The van der Waals surface area contributed by atoms with E-state index >= 15 is 0 Å². The molecule has 25 heavy (non-hydrogen) atoms. The first-order chi connectivity index (χ1) is 12.2. The molecule has 150 valence electrons. The predicted molar refractivity (Wildman–Crippen MR) is 117 cm³/mol. The zero-order valence-corrected chi connectivity index (χ0v) is 18.6. The lowest BCUT2D eigenvalue weighted by Crippen LogP contribution is -2.06. The van der Waals surface area contributed by atoms with Crippen molar-refractivity contribution in [3.8, 4) is 0 Å². The minimum atomic E-state index is -0.195. The fraction of sp³-hybridized carbons (Fsp3) is 0.955. The van der Waals surface area contributed by atoms with Crippen LogP contribution in [0.4, 0.5) is 0 Å². The minimum Gasteiger partial charge on any atom is -0.281 e. The monoisotopic (exact) mass is 390 g/mol. The Morgan fingerprint density at radius 3 is 1.44 bits per heavy atom. The highest BCUT2D eigenvalue weighted by Crippen LogP contribution is 2.16. The summed E-state index contributed by atoms with van der Waals surface area (Å²) in [5, 5.41) is -0.195. The van der Waals surface area contributed by atoms with Crippen molar-refractivity contribution >= 4 is 28.6 Å². The van der Waals surface area contributed by atoms with Crippen molar-refractivity contribution < 1.29 is 4.79 Å².